The van der Waals surface area contributed by atoms with E-state index in [4.69, 9.17) is 14.5 Å². The van der Waals surface area contributed by atoms with Crippen LogP contribution in [0, 0.1) is 0 Å². The highest BCUT2D eigenvalue weighted by Gasteiger charge is 2.45. The lowest BCUT2D eigenvalue weighted by Crippen LogP contribution is -2.48. The van der Waals surface area contributed by atoms with Crippen molar-refractivity contribution in [2.45, 2.75) is 38.4 Å². The van der Waals surface area contributed by atoms with Gasteiger partial charge < -0.3 is 19.1 Å². The molecular formula is C21H20N2O4. The van der Waals surface area contributed by atoms with E-state index in [1.165, 1.54) is 7.11 Å². The predicted molar refractivity (Wildman–Crippen MR) is 100 cm³/mol. The third kappa shape index (κ3) is 2.18. The largest absolute Gasteiger partial charge is 0.380 e. The van der Waals surface area contributed by atoms with Crippen molar-refractivity contribution in [1.82, 2.24) is 9.55 Å². The fraction of sp³-hybridized carbons (Fsp3) is 0.333. The smallest absolute Gasteiger partial charge is 0.257 e. The van der Waals surface area contributed by atoms with Crippen molar-refractivity contribution >= 4 is 10.9 Å². The second-order valence-corrected chi connectivity index (χ2v) is 7.16. The molecule has 0 saturated carbocycles. The van der Waals surface area contributed by atoms with E-state index < -0.39 is 11.9 Å². The molecule has 0 fully saturated rings. The van der Waals surface area contributed by atoms with Gasteiger partial charge in [0.15, 0.2) is 6.29 Å². The minimum atomic E-state index is -1.36. The number of aromatic nitrogens is 2. The Hall–Kier alpha value is -2.54. The number of ether oxygens (including phenoxy) is 2. The molecule has 0 saturated heterocycles. The minimum Gasteiger partial charge on any atom is -0.380 e. The molecule has 138 valence electrons. The van der Waals surface area contributed by atoms with Gasteiger partial charge in [0.2, 0.25) is 0 Å². The Morgan fingerprint density at radius 3 is 2.96 bits per heavy atom. The van der Waals surface area contributed by atoms with E-state index in [0.29, 0.717) is 24.1 Å². The average Bonchev–Trinajstić information content (AvgIpc) is 3.05. The van der Waals surface area contributed by atoms with Gasteiger partial charge in [0, 0.05) is 29.2 Å². The fourth-order valence-electron chi connectivity index (χ4n) is 4.28. The summed E-state index contributed by atoms with van der Waals surface area (Å²) >= 11 is 0. The van der Waals surface area contributed by atoms with Crippen molar-refractivity contribution < 1.29 is 14.6 Å². The molecule has 27 heavy (non-hydrogen) atoms. The maximum atomic E-state index is 13.2. The molecule has 6 heteroatoms. The van der Waals surface area contributed by atoms with Crippen LogP contribution in [0.2, 0.25) is 0 Å². The number of nitrogens with zero attached hydrogens (tertiary/aromatic N) is 2. The number of fused-ring (bicyclic) bond motifs is 5. The van der Waals surface area contributed by atoms with Gasteiger partial charge in [-0.05, 0) is 24.6 Å². The Labute approximate surface area is 156 Å². The molecule has 2 aliphatic rings. The quantitative estimate of drug-likeness (QED) is 0.592. The van der Waals surface area contributed by atoms with Crippen molar-refractivity contribution in [1.29, 1.82) is 0 Å². The summed E-state index contributed by atoms with van der Waals surface area (Å²) in [6, 6.07) is 11.9. The average molecular weight is 364 g/mol. The number of aliphatic hydroxyl groups is 1. The van der Waals surface area contributed by atoms with E-state index in [0.717, 1.165) is 27.9 Å². The standard InChI is InChI=1S/C21H20N2O4/c1-3-21(25)15-9-17-18-13(8-12-6-4-5-7-16(12)22-18)10-23(17)19(24)14(15)11-27-20(21)26-2/h4-9,20,25H,3,10-11H2,1-2H3/t20-,21+/m1/s1. The zero-order valence-electron chi connectivity index (χ0n) is 15.2. The zero-order valence-corrected chi connectivity index (χ0v) is 15.2. The minimum absolute atomic E-state index is 0.126. The number of pyridine rings is 2. The summed E-state index contributed by atoms with van der Waals surface area (Å²) in [5.74, 6) is 0. The van der Waals surface area contributed by atoms with Crippen LogP contribution in [0.4, 0.5) is 0 Å². The molecule has 2 aliphatic heterocycles. The van der Waals surface area contributed by atoms with Crippen molar-refractivity contribution in [3.63, 3.8) is 0 Å². The van der Waals surface area contributed by atoms with E-state index in [1.54, 1.807) is 4.57 Å². The summed E-state index contributed by atoms with van der Waals surface area (Å²) in [7, 11) is 1.50. The molecule has 3 aromatic rings. The Bertz CT molecular complexity index is 1140. The molecule has 0 unspecified atom stereocenters. The van der Waals surface area contributed by atoms with Crippen LogP contribution in [0.25, 0.3) is 22.3 Å². The molecule has 5 rings (SSSR count). The highest BCUT2D eigenvalue weighted by atomic mass is 16.7. The first-order valence-corrected chi connectivity index (χ1v) is 9.10. The van der Waals surface area contributed by atoms with Crippen LogP contribution in [0.3, 0.4) is 0 Å². The Morgan fingerprint density at radius 2 is 2.19 bits per heavy atom. The SMILES string of the molecule is CC[C@]1(O)c2cc3n(c(=O)c2CO[C@H]1OC)Cc1cc2ccccc2nc1-3. The third-order valence-electron chi connectivity index (χ3n) is 5.76. The summed E-state index contributed by atoms with van der Waals surface area (Å²) in [4.78, 5) is 18.0. The summed E-state index contributed by atoms with van der Waals surface area (Å²) in [5, 5.41) is 12.3. The third-order valence-corrected chi connectivity index (χ3v) is 5.76. The van der Waals surface area contributed by atoms with Gasteiger partial charge in [0.25, 0.3) is 5.56 Å². The molecule has 1 N–H and O–H groups in total. The van der Waals surface area contributed by atoms with Crippen LogP contribution in [-0.4, -0.2) is 28.1 Å². The number of methoxy groups -OCH3 is 1. The summed E-state index contributed by atoms with van der Waals surface area (Å²) in [5.41, 5.74) is 3.02. The first-order valence-electron chi connectivity index (χ1n) is 9.10. The second-order valence-electron chi connectivity index (χ2n) is 7.16. The van der Waals surface area contributed by atoms with Gasteiger partial charge in [-0.2, -0.15) is 0 Å². The van der Waals surface area contributed by atoms with E-state index >= 15 is 0 Å². The van der Waals surface area contributed by atoms with E-state index in [9.17, 15) is 9.90 Å². The number of rotatable bonds is 2. The first kappa shape index (κ1) is 16.6. The van der Waals surface area contributed by atoms with Gasteiger partial charge in [-0.3, -0.25) is 4.79 Å². The number of hydrogen-bond donors (Lipinski definition) is 1. The highest BCUT2D eigenvalue weighted by molar-refractivity contribution is 5.84. The molecule has 0 radical (unpaired) electrons. The van der Waals surface area contributed by atoms with Crippen LogP contribution >= 0.6 is 0 Å². The van der Waals surface area contributed by atoms with E-state index in [2.05, 4.69) is 6.07 Å². The van der Waals surface area contributed by atoms with Crippen LogP contribution in [0.15, 0.2) is 41.2 Å². The molecule has 0 spiro atoms. The van der Waals surface area contributed by atoms with Crippen molar-refractivity contribution in [3.05, 3.63) is 63.4 Å². The topological polar surface area (TPSA) is 73.6 Å². The van der Waals surface area contributed by atoms with E-state index in [1.807, 2.05) is 37.3 Å². The monoisotopic (exact) mass is 364 g/mol. The number of para-hydroxylation sites is 1. The number of hydrogen-bond acceptors (Lipinski definition) is 5. The molecule has 2 atom stereocenters. The normalized spacial score (nSPS) is 23.1. The van der Waals surface area contributed by atoms with Gasteiger partial charge in [0.1, 0.15) is 5.60 Å². The molecule has 6 nitrogen and oxygen atoms in total. The summed E-state index contributed by atoms with van der Waals surface area (Å²) in [6.07, 6.45) is -0.428. The Morgan fingerprint density at radius 1 is 1.37 bits per heavy atom. The van der Waals surface area contributed by atoms with Crippen molar-refractivity contribution in [3.8, 4) is 11.4 Å². The van der Waals surface area contributed by atoms with Gasteiger partial charge in [-0.15, -0.1) is 0 Å². The lowest BCUT2D eigenvalue weighted by atomic mass is 9.85. The van der Waals surface area contributed by atoms with Gasteiger partial charge in [0.05, 0.1) is 30.1 Å². The van der Waals surface area contributed by atoms with E-state index in [-0.39, 0.29) is 12.2 Å². The molecule has 0 aliphatic carbocycles. The lowest BCUT2D eigenvalue weighted by molar-refractivity contribution is -0.249. The maximum Gasteiger partial charge on any atom is 0.257 e. The first-order chi connectivity index (χ1) is 13.1. The highest BCUT2D eigenvalue weighted by Crippen LogP contribution is 2.40. The van der Waals surface area contributed by atoms with Gasteiger partial charge in [-0.1, -0.05) is 25.1 Å². The maximum absolute atomic E-state index is 13.2. The molecule has 1 aromatic carbocycles. The van der Waals surface area contributed by atoms with Crippen LogP contribution in [0.5, 0.6) is 0 Å². The molecule has 0 amide bonds. The van der Waals surface area contributed by atoms with Gasteiger partial charge in [-0.25, -0.2) is 4.98 Å². The van der Waals surface area contributed by atoms with Crippen LogP contribution in [-0.2, 0) is 28.2 Å². The van der Waals surface area contributed by atoms with Crippen molar-refractivity contribution in [2.75, 3.05) is 7.11 Å². The molecule has 2 aromatic heterocycles. The molecular weight excluding hydrogens is 344 g/mol. The molecule has 0 bridgehead atoms. The predicted octanol–water partition coefficient (Wildman–Crippen LogP) is 2.53. The Kier molecular flexibility index (Phi) is 3.53. The number of benzene rings is 1. The van der Waals surface area contributed by atoms with Gasteiger partial charge >= 0.3 is 0 Å². The molecule has 4 heterocycles. The second kappa shape index (κ2) is 5.73. The lowest BCUT2D eigenvalue weighted by Gasteiger charge is -2.39. The fourth-order valence-corrected chi connectivity index (χ4v) is 4.28. The van der Waals surface area contributed by atoms with Crippen molar-refractivity contribution in [2.24, 2.45) is 0 Å². The van der Waals surface area contributed by atoms with Crippen LogP contribution < -0.4 is 5.56 Å². The summed E-state index contributed by atoms with van der Waals surface area (Å²) in [6.45, 7) is 2.46. The van der Waals surface area contributed by atoms with Crippen LogP contribution in [0.1, 0.15) is 30.0 Å². The Balaban J connectivity index is 1.78. The summed E-state index contributed by atoms with van der Waals surface area (Å²) < 4.78 is 12.7. The zero-order chi connectivity index (χ0) is 18.8.